The van der Waals surface area contributed by atoms with Gasteiger partial charge >= 0.3 is 0 Å². The lowest BCUT2D eigenvalue weighted by Gasteiger charge is -2.17. The molecule has 0 bridgehead atoms. The van der Waals surface area contributed by atoms with Crippen LogP contribution < -0.4 is 5.32 Å². The van der Waals surface area contributed by atoms with E-state index in [9.17, 15) is 19.2 Å². The summed E-state index contributed by atoms with van der Waals surface area (Å²) in [5, 5.41) is 2.71. The third-order valence-corrected chi connectivity index (χ3v) is 3.97. The second-order valence-corrected chi connectivity index (χ2v) is 5.63. The maximum atomic E-state index is 12.0. The van der Waals surface area contributed by atoms with Crippen LogP contribution in [-0.2, 0) is 19.2 Å². The van der Waals surface area contributed by atoms with Gasteiger partial charge in [-0.15, -0.1) is 0 Å². The monoisotopic (exact) mass is 311 g/mol. The molecule has 1 N–H and O–H groups in total. The number of carbonyl (C=O) groups is 4. The van der Waals surface area contributed by atoms with Crippen LogP contribution >= 0.6 is 0 Å². The van der Waals surface area contributed by atoms with Crippen LogP contribution in [0.2, 0.25) is 0 Å². The maximum absolute atomic E-state index is 12.0. The van der Waals surface area contributed by atoms with Gasteiger partial charge in [-0.25, -0.2) is 0 Å². The Kier molecular flexibility index (Phi) is 10.3. The van der Waals surface area contributed by atoms with Gasteiger partial charge in [0, 0.05) is 31.6 Å². The summed E-state index contributed by atoms with van der Waals surface area (Å²) in [6.45, 7) is 6.98. The summed E-state index contributed by atoms with van der Waals surface area (Å²) in [5.74, 6) is -0.213. The largest absolute Gasteiger partial charge is 0.346 e. The smallest absolute Gasteiger partial charge is 0.220 e. The van der Waals surface area contributed by atoms with Crippen LogP contribution in [0, 0.1) is 5.92 Å². The summed E-state index contributed by atoms with van der Waals surface area (Å²) in [5.41, 5.74) is 0. The summed E-state index contributed by atoms with van der Waals surface area (Å²) < 4.78 is 0. The van der Waals surface area contributed by atoms with Crippen molar-refractivity contribution in [2.24, 2.45) is 5.92 Å². The van der Waals surface area contributed by atoms with Crippen molar-refractivity contribution >= 4 is 23.3 Å². The van der Waals surface area contributed by atoms with Gasteiger partial charge in [0.25, 0.3) is 0 Å². The molecule has 0 spiro atoms. The average Bonchev–Trinajstić information content (AvgIpc) is 2.50. The highest BCUT2D eigenvalue weighted by atomic mass is 16.2. The van der Waals surface area contributed by atoms with Crippen molar-refractivity contribution in [3.05, 3.63) is 0 Å². The predicted molar refractivity (Wildman–Crippen MR) is 85.5 cm³/mol. The van der Waals surface area contributed by atoms with Crippen molar-refractivity contribution in [2.75, 3.05) is 0 Å². The zero-order chi connectivity index (χ0) is 17.1. The third-order valence-electron chi connectivity index (χ3n) is 3.97. The SMILES string of the molecule is CCC(=O)CCC(NC(=O)CCC(CC)C(C)=O)C(=O)CC. The summed E-state index contributed by atoms with van der Waals surface area (Å²) in [6, 6.07) is -0.592. The summed E-state index contributed by atoms with van der Waals surface area (Å²) in [7, 11) is 0. The number of hydrogen-bond acceptors (Lipinski definition) is 4. The molecule has 0 fully saturated rings. The Balaban J connectivity index is 4.46. The Morgan fingerprint density at radius 3 is 2.00 bits per heavy atom. The molecule has 0 heterocycles. The molecule has 0 aromatic heterocycles. The fourth-order valence-corrected chi connectivity index (χ4v) is 2.31. The van der Waals surface area contributed by atoms with E-state index in [4.69, 9.17) is 0 Å². The number of ketones is 3. The van der Waals surface area contributed by atoms with Gasteiger partial charge in [-0.05, 0) is 26.2 Å². The molecule has 0 saturated heterocycles. The Morgan fingerprint density at radius 2 is 1.55 bits per heavy atom. The van der Waals surface area contributed by atoms with Crippen LogP contribution in [0.25, 0.3) is 0 Å². The van der Waals surface area contributed by atoms with Gasteiger partial charge in [0.15, 0.2) is 5.78 Å². The molecule has 0 saturated carbocycles. The molecule has 0 rings (SSSR count). The molecule has 5 nitrogen and oxygen atoms in total. The minimum Gasteiger partial charge on any atom is -0.346 e. The van der Waals surface area contributed by atoms with Crippen LogP contribution in [0.5, 0.6) is 0 Å². The highest BCUT2D eigenvalue weighted by molar-refractivity contribution is 5.89. The highest BCUT2D eigenvalue weighted by Gasteiger charge is 2.21. The van der Waals surface area contributed by atoms with Gasteiger partial charge in [0.2, 0.25) is 5.91 Å². The van der Waals surface area contributed by atoms with Crippen LogP contribution in [0.4, 0.5) is 0 Å². The first-order valence-corrected chi connectivity index (χ1v) is 8.19. The Hall–Kier alpha value is -1.52. The van der Waals surface area contributed by atoms with Gasteiger partial charge < -0.3 is 5.32 Å². The van der Waals surface area contributed by atoms with E-state index in [0.717, 1.165) is 0 Å². The summed E-state index contributed by atoms with van der Waals surface area (Å²) in [4.78, 5) is 46.6. The Morgan fingerprint density at radius 1 is 0.909 bits per heavy atom. The first kappa shape index (κ1) is 20.5. The number of amides is 1. The number of rotatable bonds is 12. The van der Waals surface area contributed by atoms with Gasteiger partial charge in [-0.1, -0.05) is 20.8 Å². The normalized spacial score (nSPS) is 13.3. The third kappa shape index (κ3) is 8.05. The van der Waals surface area contributed by atoms with Crippen molar-refractivity contribution < 1.29 is 19.2 Å². The quantitative estimate of drug-likeness (QED) is 0.601. The molecule has 0 aromatic rings. The van der Waals surface area contributed by atoms with E-state index in [1.54, 1.807) is 13.8 Å². The molecule has 1 amide bonds. The molecule has 0 aliphatic carbocycles. The van der Waals surface area contributed by atoms with E-state index < -0.39 is 6.04 Å². The van der Waals surface area contributed by atoms with Crippen molar-refractivity contribution in [2.45, 2.75) is 78.7 Å². The topological polar surface area (TPSA) is 80.3 Å². The molecule has 22 heavy (non-hydrogen) atoms. The molecule has 5 heteroatoms. The van der Waals surface area contributed by atoms with Crippen LogP contribution in [0.1, 0.15) is 72.6 Å². The molecule has 0 radical (unpaired) electrons. The molecule has 126 valence electrons. The minimum absolute atomic E-state index is 0.0594. The van der Waals surface area contributed by atoms with Gasteiger partial charge in [0.05, 0.1) is 6.04 Å². The molecule has 2 unspecified atom stereocenters. The van der Waals surface area contributed by atoms with E-state index in [0.29, 0.717) is 38.5 Å². The maximum Gasteiger partial charge on any atom is 0.220 e. The van der Waals surface area contributed by atoms with E-state index in [1.165, 1.54) is 6.92 Å². The van der Waals surface area contributed by atoms with Crippen LogP contribution in [-0.4, -0.2) is 29.3 Å². The number of Topliss-reactive ketones (excluding diaryl/α,β-unsaturated/α-hetero) is 3. The molecular formula is C17H29NO4. The summed E-state index contributed by atoms with van der Waals surface area (Å²) in [6.07, 6.45) is 2.87. The second kappa shape index (κ2) is 11.1. The van der Waals surface area contributed by atoms with Crippen LogP contribution in [0.15, 0.2) is 0 Å². The zero-order valence-electron chi connectivity index (χ0n) is 14.2. The van der Waals surface area contributed by atoms with Gasteiger partial charge in [-0.2, -0.15) is 0 Å². The van der Waals surface area contributed by atoms with Crippen molar-refractivity contribution in [3.63, 3.8) is 0 Å². The molecule has 0 aromatic carbocycles. The standard InChI is InChI=1S/C17H29NO4/c1-5-13(12(4)19)8-11-17(22)18-15(16(21)7-3)10-9-14(20)6-2/h13,15H,5-11H2,1-4H3,(H,18,22). The minimum atomic E-state index is -0.592. The van der Waals surface area contributed by atoms with E-state index in [1.807, 2.05) is 6.92 Å². The van der Waals surface area contributed by atoms with Crippen molar-refractivity contribution in [1.29, 1.82) is 0 Å². The van der Waals surface area contributed by atoms with Crippen molar-refractivity contribution in [3.8, 4) is 0 Å². The number of carbonyl (C=O) groups excluding carboxylic acids is 4. The van der Waals surface area contributed by atoms with Gasteiger partial charge in [-0.3, -0.25) is 19.2 Å². The van der Waals surface area contributed by atoms with E-state index in [2.05, 4.69) is 5.32 Å². The zero-order valence-corrected chi connectivity index (χ0v) is 14.2. The fourth-order valence-electron chi connectivity index (χ4n) is 2.31. The predicted octanol–water partition coefficient (Wildman–Crippen LogP) is 2.61. The van der Waals surface area contributed by atoms with Gasteiger partial charge in [0.1, 0.15) is 11.6 Å². The lowest BCUT2D eigenvalue weighted by molar-refractivity contribution is -0.129. The summed E-state index contributed by atoms with van der Waals surface area (Å²) >= 11 is 0. The highest BCUT2D eigenvalue weighted by Crippen LogP contribution is 2.12. The Bertz CT molecular complexity index is 403. The second-order valence-electron chi connectivity index (χ2n) is 5.63. The lowest BCUT2D eigenvalue weighted by atomic mass is 9.96. The molecule has 0 aliphatic heterocycles. The molecule has 0 aliphatic rings. The van der Waals surface area contributed by atoms with E-state index in [-0.39, 0.29) is 35.6 Å². The average molecular weight is 311 g/mol. The fraction of sp³-hybridized carbons (Fsp3) is 0.765. The number of nitrogens with one attached hydrogen (secondary N) is 1. The molecule has 2 atom stereocenters. The number of hydrogen-bond donors (Lipinski definition) is 1. The molecular weight excluding hydrogens is 282 g/mol. The first-order valence-electron chi connectivity index (χ1n) is 8.19. The lowest BCUT2D eigenvalue weighted by Crippen LogP contribution is -2.41. The van der Waals surface area contributed by atoms with E-state index >= 15 is 0 Å². The van der Waals surface area contributed by atoms with Crippen molar-refractivity contribution in [1.82, 2.24) is 5.32 Å². The Labute approximate surface area is 133 Å². The first-order chi connectivity index (χ1) is 10.3. The van der Waals surface area contributed by atoms with Crippen LogP contribution in [0.3, 0.4) is 0 Å².